The summed E-state index contributed by atoms with van der Waals surface area (Å²) in [6.45, 7) is 5.56. The van der Waals surface area contributed by atoms with Gasteiger partial charge in [-0.15, -0.1) is 0 Å². The van der Waals surface area contributed by atoms with E-state index in [0.29, 0.717) is 11.6 Å². The molecule has 0 fully saturated rings. The number of carbonyl (C=O) groups excluding carboxylic acids is 1. The average molecular weight is 304 g/mol. The molecular weight excluding hydrogens is 286 g/mol. The summed E-state index contributed by atoms with van der Waals surface area (Å²) in [6, 6.07) is 6.15. The van der Waals surface area contributed by atoms with Crippen molar-refractivity contribution in [3.8, 4) is 0 Å². The van der Waals surface area contributed by atoms with Gasteiger partial charge in [-0.3, -0.25) is 9.10 Å². The van der Waals surface area contributed by atoms with E-state index in [1.807, 2.05) is 26.0 Å². The fourth-order valence-corrected chi connectivity index (χ4v) is 3.13. The Kier molecular flexibility index (Phi) is 4.98. The number of anilines is 1. The smallest absolute Gasteiger partial charge is 0.245 e. The normalized spacial score (nSPS) is 13.4. The van der Waals surface area contributed by atoms with E-state index in [-0.39, 0.29) is 0 Å². The Labute approximate surface area is 119 Å². The molecule has 0 saturated heterocycles. The number of nitrogens with zero attached hydrogens (tertiary/aromatic N) is 1. The minimum Gasteiger partial charge on any atom is -0.279 e. The van der Waals surface area contributed by atoms with Gasteiger partial charge in [0, 0.05) is 0 Å². The van der Waals surface area contributed by atoms with Crippen molar-refractivity contribution in [1.82, 2.24) is 0 Å². The minimum absolute atomic E-state index is 0.354. The van der Waals surface area contributed by atoms with Gasteiger partial charge in [0.25, 0.3) is 0 Å². The summed E-state index contributed by atoms with van der Waals surface area (Å²) >= 11 is 5.42. The summed E-state index contributed by atoms with van der Waals surface area (Å²) in [5, 5.41) is -0.710. The molecular formula is C13H18ClNO3S. The Bertz CT molecular complexity index is 552. The molecule has 106 valence electrons. The van der Waals surface area contributed by atoms with Gasteiger partial charge >= 0.3 is 0 Å². The Morgan fingerprint density at radius 3 is 1.95 bits per heavy atom. The zero-order chi connectivity index (χ0) is 14.8. The summed E-state index contributed by atoms with van der Waals surface area (Å²) in [4.78, 5) is 11.2. The maximum atomic E-state index is 11.8. The van der Waals surface area contributed by atoms with Crippen LogP contribution in [0.4, 0.5) is 5.69 Å². The van der Waals surface area contributed by atoms with Gasteiger partial charge in [0.05, 0.1) is 11.9 Å². The molecule has 0 aliphatic rings. The Balaban J connectivity index is 3.23. The van der Waals surface area contributed by atoms with E-state index in [2.05, 4.69) is 0 Å². The lowest BCUT2D eigenvalue weighted by molar-refractivity contribution is -0.112. The number of sulfonamides is 1. The summed E-state index contributed by atoms with van der Waals surface area (Å²) in [5.41, 5.74) is 1.54. The van der Waals surface area contributed by atoms with E-state index in [1.165, 1.54) is 6.92 Å². The van der Waals surface area contributed by atoms with Crippen molar-refractivity contribution in [1.29, 1.82) is 0 Å². The first kappa shape index (κ1) is 16.0. The molecule has 0 aromatic heterocycles. The van der Waals surface area contributed by atoms with Gasteiger partial charge in [0.1, 0.15) is 6.04 Å². The second-order valence-electron chi connectivity index (χ2n) is 4.79. The molecule has 19 heavy (non-hydrogen) atoms. The van der Waals surface area contributed by atoms with Gasteiger partial charge in [0.2, 0.25) is 15.3 Å². The second-order valence-corrected chi connectivity index (χ2v) is 7.02. The zero-order valence-corrected chi connectivity index (χ0v) is 13.0. The number of rotatable bonds is 5. The highest BCUT2D eigenvalue weighted by Crippen LogP contribution is 2.24. The molecule has 0 spiro atoms. The van der Waals surface area contributed by atoms with Crippen LogP contribution in [0.15, 0.2) is 24.3 Å². The quantitative estimate of drug-likeness (QED) is 0.786. The summed E-state index contributed by atoms with van der Waals surface area (Å²) in [6.07, 6.45) is 1.06. The van der Waals surface area contributed by atoms with Crippen LogP contribution in [0.3, 0.4) is 0 Å². The first-order valence-corrected chi connectivity index (χ1v) is 8.16. The van der Waals surface area contributed by atoms with Gasteiger partial charge in [-0.1, -0.05) is 26.0 Å². The van der Waals surface area contributed by atoms with Gasteiger partial charge < -0.3 is 0 Å². The van der Waals surface area contributed by atoms with Gasteiger partial charge in [-0.25, -0.2) is 8.42 Å². The largest absolute Gasteiger partial charge is 0.279 e. The van der Waals surface area contributed by atoms with E-state index in [0.717, 1.165) is 16.1 Å². The maximum Gasteiger partial charge on any atom is 0.245 e. The van der Waals surface area contributed by atoms with Gasteiger partial charge in [-0.05, 0) is 42.1 Å². The monoisotopic (exact) mass is 303 g/mol. The van der Waals surface area contributed by atoms with Gasteiger partial charge in [0.15, 0.2) is 0 Å². The van der Waals surface area contributed by atoms with Crippen LogP contribution in [-0.4, -0.2) is 26.0 Å². The standard InChI is InChI=1S/C13H18ClNO3S/c1-9(2)11-5-7-12(8-6-11)15(19(4,17)18)10(3)13(14)16/h5-10H,1-4H3. The minimum atomic E-state index is -3.57. The third-order valence-corrected chi connectivity index (χ3v) is 4.41. The Morgan fingerprint density at radius 2 is 1.63 bits per heavy atom. The second kappa shape index (κ2) is 5.92. The zero-order valence-electron chi connectivity index (χ0n) is 11.4. The highest BCUT2D eigenvalue weighted by atomic mass is 35.5. The molecule has 1 aromatic carbocycles. The van der Waals surface area contributed by atoms with Crippen LogP contribution in [-0.2, 0) is 14.8 Å². The molecule has 0 saturated carbocycles. The first-order chi connectivity index (χ1) is 8.64. The van der Waals surface area contributed by atoms with Crippen LogP contribution in [0.1, 0.15) is 32.3 Å². The molecule has 0 bridgehead atoms. The summed E-state index contributed by atoms with van der Waals surface area (Å²) in [7, 11) is -3.57. The average Bonchev–Trinajstić information content (AvgIpc) is 2.27. The molecule has 1 rings (SSSR count). The number of hydrogen-bond donors (Lipinski definition) is 0. The van der Waals surface area contributed by atoms with Crippen molar-refractivity contribution in [3.05, 3.63) is 29.8 Å². The SMILES string of the molecule is CC(C)c1ccc(N(C(C)C(=O)Cl)S(C)(=O)=O)cc1. The van der Waals surface area contributed by atoms with Crippen molar-refractivity contribution in [2.24, 2.45) is 0 Å². The van der Waals surface area contributed by atoms with Crippen molar-refractivity contribution in [2.45, 2.75) is 32.7 Å². The number of carbonyl (C=O) groups is 1. The lowest BCUT2D eigenvalue weighted by Crippen LogP contribution is -2.41. The summed E-state index contributed by atoms with van der Waals surface area (Å²) < 4.78 is 24.7. The van der Waals surface area contributed by atoms with E-state index in [4.69, 9.17) is 11.6 Å². The molecule has 4 nitrogen and oxygen atoms in total. The molecule has 0 aliphatic carbocycles. The molecule has 6 heteroatoms. The molecule has 0 aliphatic heterocycles. The number of halogens is 1. The van der Waals surface area contributed by atoms with Crippen LogP contribution in [0.2, 0.25) is 0 Å². The maximum absolute atomic E-state index is 11.8. The van der Waals surface area contributed by atoms with Crippen molar-refractivity contribution in [2.75, 3.05) is 10.6 Å². The number of hydrogen-bond acceptors (Lipinski definition) is 3. The molecule has 0 radical (unpaired) electrons. The highest BCUT2D eigenvalue weighted by molar-refractivity contribution is 7.92. The third kappa shape index (κ3) is 3.94. The van der Waals surface area contributed by atoms with E-state index in [9.17, 15) is 13.2 Å². The van der Waals surface area contributed by atoms with Crippen LogP contribution in [0.25, 0.3) is 0 Å². The molecule has 0 N–H and O–H groups in total. The van der Waals surface area contributed by atoms with Gasteiger partial charge in [-0.2, -0.15) is 0 Å². The van der Waals surface area contributed by atoms with E-state index >= 15 is 0 Å². The molecule has 1 unspecified atom stereocenters. The highest BCUT2D eigenvalue weighted by Gasteiger charge is 2.27. The van der Waals surface area contributed by atoms with Crippen molar-refractivity contribution < 1.29 is 13.2 Å². The topological polar surface area (TPSA) is 54.5 Å². The Hall–Kier alpha value is -1.07. The Morgan fingerprint density at radius 1 is 1.16 bits per heavy atom. The van der Waals surface area contributed by atoms with E-state index < -0.39 is 21.3 Å². The molecule has 0 amide bonds. The van der Waals surface area contributed by atoms with Crippen LogP contribution >= 0.6 is 11.6 Å². The van der Waals surface area contributed by atoms with Crippen LogP contribution in [0, 0.1) is 0 Å². The van der Waals surface area contributed by atoms with Crippen molar-refractivity contribution >= 4 is 32.6 Å². The molecule has 1 atom stereocenters. The first-order valence-electron chi connectivity index (χ1n) is 5.93. The van der Waals surface area contributed by atoms with Crippen LogP contribution < -0.4 is 4.31 Å². The molecule has 0 heterocycles. The summed E-state index contributed by atoms with van der Waals surface area (Å²) in [5.74, 6) is 0.354. The fourth-order valence-electron chi connectivity index (χ4n) is 1.80. The predicted octanol–water partition coefficient (Wildman–Crippen LogP) is 2.73. The molecule has 1 aromatic rings. The third-order valence-electron chi connectivity index (χ3n) is 2.85. The van der Waals surface area contributed by atoms with Crippen molar-refractivity contribution in [3.63, 3.8) is 0 Å². The predicted molar refractivity (Wildman–Crippen MR) is 78.2 cm³/mol. The van der Waals surface area contributed by atoms with E-state index in [1.54, 1.807) is 12.1 Å². The fraction of sp³-hybridized carbons (Fsp3) is 0.462. The lowest BCUT2D eigenvalue weighted by Gasteiger charge is -2.26. The van der Waals surface area contributed by atoms with Crippen LogP contribution in [0.5, 0.6) is 0 Å². The number of benzene rings is 1. The lowest BCUT2D eigenvalue weighted by atomic mass is 10.0.